The van der Waals surface area contributed by atoms with Crippen molar-refractivity contribution in [2.75, 3.05) is 52.3 Å². The largest absolute Gasteiger partial charge is 0.860 e. The Morgan fingerprint density at radius 1 is 0.800 bits per heavy atom. The monoisotopic (exact) mass is 388 g/mol. The third-order valence-electron chi connectivity index (χ3n) is 4.13. The summed E-state index contributed by atoms with van der Waals surface area (Å²) >= 11 is 0. The molecule has 0 aromatic heterocycles. The van der Waals surface area contributed by atoms with Crippen LogP contribution in [0.3, 0.4) is 0 Å². The highest BCUT2D eigenvalue weighted by Crippen LogP contribution is 2.45. The minimum atomic E-state index is -2.25. The summed E-state index contributed by atoms with van der Waals surface area (Å²) < 4.78 is 4.57. The van der Waals surface area contributed by atoms with Gasteiger partial charge in [-0.2, -0.15) is 0 Å². The van der Waals surface area contributed by atoms with Crippen LogP contribution in [-0.2, 0) is 0 Å². The van der Waals surface area contributed by atoms with Crippen molar-refractivity contribution in [2.45, 2.75) is 34.6 Å². The summed E-state index contributed by atoms with van der Waals surface area (Å²) in [5.41, 5.74) is 3.04. The first-order valence-corrected chi connectivity index (χ1v) is 15.4. The second-order valence-electron chi connectivity index (χ2n) is 8.25. The lowest BCUT2D eigenvalue weighted by Crippen LogP contribution is -2.50. The second-order valence-corrected chi connectivity index (χ2v) is 18.7. The normalized spacial score (nSPS) is 10.9. The first-order chi connectivity index (χ1) is 11.1. The van der Waals surface area contributed by atoms with Gasteiger partial charge in [-0.3, -0.25) is 0 Å². The highest BCUT2D eigenvalue weighted by Gasteiger charge is 2.11. The van der Waals surface area contributed by atoms with Crippen LogP contribution in [0.25, 0.3) is 0 Å². The SMILES string of the molecule is CC[P+](C)(C)C.CC[P+](C)(C)C.Cc1ccc(OB([O-])[O-])c(C)c1C. The Balaban J connectivity index is 0. The van der Waals surface area contributed by atoms with Crippen LogP contribution in [-0.4, -0.2) is 59.6 Å². The van der Waals surface area contributed by atoms with E-state index in [1.807, 2.05) is 26.8 Å². The van der Waals surface area contributed by atoms with E-state index in [-0.39, 0.29) is 0 Å². The Bertz CT molecular complexity index is 479. The Hall–Kier alpha value is -0.135. The fraction of sp³-hybridized carbons (Fsp3) is 0.684. The van der Waals surface area contributed by atoms with Crippen molar-refractivity contribution in [3.8, 4) is 5.75 Å². The molecule has 0 N–H and O–H groups in total. The molecule has 0 amide bonds. The molecule has 0 saturated heterocycles. The highest BCUT2D eigenvalue weighted by atomic mass is 31.2. The van der Waals surface area contributed by atoms with Crippen molar-refractivity contribution in [3.63, 3.8) is 0 Å². The highest BCUT2D eigenvalue weighted by molar-refractivity contribution is 7.73. The Kier molecular flexibility index (Phi) is 13.3. The standard InChI is InChI=1S/C9H11BO3.2C5H14P/c1-6-4-5-9(13-10(11)12)8(3)7(6)2;2*1-5-6(2,3)4/h4-5H,1-3H3;2*5H2,1-4H3/q-2;2*+1. The molecule has 0 unspecified atom stereocenters. The first kappa shape index (κ1) is 27.1. The summed E-state index contributed by atoms with van der Waals surface area (Å²) in [7, 11) is -3.04. The van der Waals surface area contributed by atoms with E-state index in [9.17, 15) is 10.0 Å². The molecule has 0 aliphatic rings. The van der Waals surface area contributed by atoms with Crippen molar-refractivity contribution < 1.29 is 14.7 Å². The summed E-state index contributed by atoms with van der Waals surface area (Å²) in [5, 5.41) is 20.5. The van der Waals surface area contributed by atoms with E-state index in [1.165, 1.54) is 12.3 Å². The predicted octanol–water partition coefficient (Wildman–Crippen LogP) is 3.52. The van der Waals surface area contributed by atoms with E-state index in [1.54, 1.807) is 6.07 Å². The molecule has 0 saturated carbocycles. The van der Waals surface area contributed by atoms with Crippen molar-refractivity contribution in [2.24, 2.45) is 0 Å². The average molecular weight is 388 g/mol. The van der Waals surface area contributed by atoms with Crippen LogP contribution in [0.5, 0.6) is 5.75 Å². The average Bonchev–Trinajstić information content (AvgIpc) is 2.47. The van der Waals surface area contributed by atoms with Gasteiger partial charge in [0.2, 0.25) is 0 Å². The fourth-order valence-electron chi connectivity index (χ4n) is 1.16. The Morgan fingerprint density at radius 3 is 1.44 bits per heavy atom. The summed E-state index contributed by atoms with van der Waals surface area (Å²) in [6.07, 6.45) is 2.76. The maximum absolute atomic E-state index is 10.3. The predicted molar refractivity (Wildman–Crippen MR) is 118 cm³/mol. The molecule has 0 radical (unpaired) electrons. The van der Waals surface area contributed by atoms with E-state index in [4.69, 9.17) is 0 Å². The molecule has 1 aromatic rings. The van der Waals surface area contributed by atoms with Crippen LogP contribution < -0.4 is 14.7 Å². The molecule has 6 heteroatoms. The van der Waals surface area contributed by atoms with Crippen LogP contribution in [0.1, 0.15) is 30.5 Å². The van der Waals surface area contributed by atoms with Crippen LogP contribution in [0.2, 0.25) is 0 Å². The van der Waals surface area contributed by atoms with Gasteiger partial charge in [0, 0.05) is 54.5 Å². The molecule has 0 bridgehead atoms. The van der Waals surface area contributed by atoms with Crippen LogP contribution >= 0.6 is 14.5 Å². The summed E-state index contributed by atoms with van der Waals surface area (Å²) in [6.45, 7) is 24.4. The molecule has 146 valence electrons. The first-order valence-electron chi connectivity index (χ1n) is 8.80. The van der Waals surface area contributed by atoms with Crippen molar-refractivity contribution >= 4 is 21.8 Å². The minimum absolute atomic E-state index is 0.387. The van der Waals surface area contributed by atoms with Gasteiger partial charge in [-0.05, 0) is 57.4 Å². The van der Waals surface area contributed by atoms with Gasteiger partial charge in [0.25, 0.3) is 0 Å². The van der Waals surface area contributed by atoms with E-state index in [2.05, 4.69) is 58.5 Å². The third kappa shape index (κ3) is 15.8. The molecular formula is C19H39BO3P2. The molecule has 0 spiro atoms. The van der Waals surface area contributed by atoms with Crippen LogP contribution in [0, 0.1) is 20.8 Å². The van der Waals surface area contributed by atoms with Gasteiger partial charge in [0.05, 0.1) is 18.1 Å². The maximum Gasteiger partial charge on any atom is 0.133 e. The summed E-state index contributed by atoms with van der Waals surface area (Å²) in [5.74, 6) is 0.387. The fourth-order valence-corrected chi connectivity index (χ4v) is 1.16. The second kappa shape index (κ2) is 12.3. The lowest BCUT2D eigenvalue weighted by Gasteiger charge is -2.28. The van der Waals surface area contributed by atoms with Crippen LogP contribution in [0.15, 0.2) is 12.1 Å². The van der Waals surface area contributed by atoms with Gasteiger partial charge in [-0.1, -0.05) is 6.07 Å². The van der Waals surface area contributed by atoms with Gasteiger partial charge in [0.15, 0.2) is 0 Å². The zero-order chi connectivity index (χ0) is 20.4. The molecule has 25 heavy (non-hydrogen) atoms. The quantitative estimate of drug-likeness (QED) is 0.586. The number of rotatable bonds is 4. The van der Waals surface area contributed by atoms with E-state index >= 15 is 0 Å². The van der Waals surface area contributed by atoms with Gasteiger partial charge in [0.1, 0.15) is 7.32 Å². The molecule has 0 aliphatic heterocycles. The van der Waals surface area contributed by atoms with E-state index in [0.29, 0.717) is 5.75 Å². The van der Waals surface area contributed by atoms with Crippen molar-refractivity contribution in [1.82, 2.24) is 0 Å². The van der Waals surface area contributed by atoms with Gasteiger partial charge >= 0.3 is 0 Å². The number of benzene rings is 1. The molecule has 0 fully saturated rings. The Labute approximate surface area is 158 Å². The topological polar surface area (TPSA) is 55.3 Å². The zero-order valence-corrected chi connectivity index (χ0v) is 20.1. The van der Waals surface area contributed by atoms with Gasteiger partial charge < -0.3 is 14.7 Å². The molecule has 1 aromatic carbocycles. The zero-order valence-electron chi connectivity index (χ0n) is 18.3. The third-order valence-corrected chi connectivity index (χ3v) is 7.92. The van der Waals surface area contributed by atoms with E-state index in [0.717, 1.165) is 16.7 Å². The molecular weight excluding hydrogens is 349 g/mol. The van der Waals surface area contributed by atoms with Gasteiger partial charge in [-0.15, -0.1) is 0 Å². The smallest absolute Gasteiger partial charge is 0.133 e. The van der Waals surface area contributed by atoms with Crippen molar-refractivity contribution in [1.29, 1.82) is 0 Å². The van der Waals surface area contributed by atoms with Crippen LogP contribution in [0.4, 0.5) is 0 Å². The summed E-state index contributed by atoms with van der Waals surface area (Å²) in [6, 6.07) is 3.49. The molecule has 3 nitrogen and oxygen atoms in total. The number of hydrogen-bond donors (Lipinski definition) is 0. The van der Waals surface area contributed by atoms with Crippen molar-refractivity contribution in [3.05, 3.63) is 28.8 Å². The molecule has 1 rings (SSSR count). The molecule has 0 aliphatic carbocycles. The number of aryl methyl sites for hydroxylation is 1. The van der Waals surface area contributed by atoms with E-state index < -0.39 is 21.8 Å². The lowest BCUT2D eigenvalue weighted by atomic mass is 10.0. The maximum atomic E-state index is 10.3. The minimum Gasteiger partial charge on any atom is -0.860 e. The Morgan fingerprint density at radius 2 is 1.16 bits per heavy atom. The summed E-state index contributed by atoms with van der Waals surface area (Å²) in [4.78, 5) is 0. The molecule has 0 heterocycles. The number of hydrogen-bond acceptors (Lipinski definition) is 3. The molecule has 0 atom stereocenters. The lowest BCUT2D eigenvalue weighted by molar-refractivity contribution is -0.372. The van der Waals surface area contributed by atoms with Gasteiger partial charge in [-0.25, -0.2) is 0 Å².